The van der Waals surface area contributed by atoms with E-state index in [-0.39, 0.29) is 0 Å². The van der Waals surface area contributed by atoms with Gasteiger partial charge in [-0.1, -0.05) is 12.2 Å². The van der Waals surface area contributed by atoms with Crippen LogP contribution in [-0.2, 0) is 0 Å². The molecule has 104 valence electrons. The van der Waals surface area contributed by atoms with Crippen molar-refractivity contribution in [2.45, 2.75) is 12.8 Å². The third kappa shape index (κ3) is 3.61. The number of piperidine rings is 1. The molecule has 1 aliphatic rings. The highest BCUT2D eigenvalue weighted by atomic mass is 32.1. The van der Waals surface area contributed by atoms with Gasteiger partial charge < -0.3 is 15.5 Å². The molecule has 0 aromatic carbocycles. The highest BCUT2D eigenvalue weighted by Crippen LogP contribution is 2.23. The summed E-state index contributed by atoms with van der Waals surface area (Å²) in [7, 11) is 4.25. The van der Waals surface area contributed by atoms with E-state index in [2.05, 4.69) is 33.9 Å². The van der Waals surface area contributed by atoms with Gasteiger partial charge in [-0.05, 0) is 32.9 Å². The number of rotatable bonds is 4. The lowest BCUT2D eigenvalue weighted by molar-refractivity contribution is 0.284. The number of hydrogen-bond donors (Lipinski definition) is 1. The van der Waals surface area contributed by atoms with Gasteiger partial charge >= 0.3 is 0 Å². The lowest BCUT2D eigenvalue weighted by Gasteiger charge is -2.34. The first-order chi connectivity index (χ1) is 9.08. The molecule has 2 rings (SSSR count). The molecule has 1 aliphatic heterocycles. The minimum atomic E-state index is 0.318. The van der Waals surface area contributed by atoms with Crippen LogP contribution in [-0.4, -0.2) is 53.6 Å². The van der Waals surface area contributed by atoms with Crippen molar-refractivity contribution in [3.05, 3.63) is 18.1 Å². The molecule has 6 heteroatoms. The topological polar surface area (TPSA) is 58.3 Å². The minimum Gasteiger partial charge on any atom is -0.388 e. The van der Waals surface area contributed by atoms with E-state index >= 15 is 0 Å². The second kappa shape index (κ2) is 6.25. The van der Waals surface area contributed by atoms with Crippen molar-refractivity contribution < 1.29 is 0 Å². The lowest BCUT2D eigenvalue weighted by atomic mass is 9.96. The van der Waals surface area contributed by atoms with Gasteiger partial charge in [0.15, 0.2) is 5.82 Å². The van der Waals surface area contributed by atoms with E-state index in [1.54, 1.807) is 12.4 Å². The first kappa shape index (κ1) is 14.1. The van der Waals surface area contributed by atoms with Gasteiger partial charge in [0.25, 0.3) is 0 Å². The first-order valence-electron chi connectivity index (χ1n) is 6.58. The molecule has 1 aromatic rings. The molecule has 2 heterocycles. The molecular formula is C13H21N5S. The van der Waals surface area contributed by atoms with Crippen LogP contribution < -0.4 is 10.6 Å². The molecule has 2 N–H and O–H groups in total. The average molecular weight is 279 g/mol. The molecule has 0 atom stereocenters. The zero-order valence-corrected chi connectivity index (χ0v) is 12.4. The van der Waals surface area contributed by atoms with Crippen molar-refractivity contribution in [2.24, 2.45) is 11.7 Å². The largest absolute Gasteiger partial charge is 0.388 e. The van der Waals surface area contributed by atoms with Gasteiger partial charge in [-0.25, -0.2) is 9.97 Å². The lowest BCUT2D eigenvalue weighted by Crippen LogP contribution is -2.38. The summed E-state index contributed by atoms with van der Waals surface area (Å²) in [5.74, 6) is 1.59. The fourth-order valence-corrected chi connectivity index (χ4v) is 2.72. The molecule has 0 amide bonds. The second-order valence-electron chi connectivity index (χ2n) is 5.29. The summed E-state index contributed by atoms with van der Waals surface area (Å²) in [6, 6.07) is 0. The number of nitrogens with two attached hydrogens (primary N) is 1. The molecule has 5 nitrogen and oxygen atoms in total. The SMILES string of the molecule is CN(C)CC1CCN(c2nccnc2C(N)=S)CC1. The summed E-state index contributed by atoms with van der Waals surface area (Å²) in [5, 5.41) is 0. The van der Waals surface area contributed by atoms with Crippen LogP contribution >= 0.6 is 12.2 Å². The van der Waals surface area contributed by atoms with Crippen molar-refractivity contribution in [3.8, 4) is 0 Å². The van der Waals surface area contributed by atoms with E-state index in [1.807, 2.05) is 0 Å². The highest BCUT2D eigenvalue weighted by molar-refractivity contribution is 7.80. The van der Waals surface area contributed by atoms with Gasteiger partial charge in [-0.2, -0.15) is 0 Å². The van der Waals surface area contributed by atoms with E-state index in [0.29, 0.717) is 10.7 Å². The maximum Gasteiger partial charge on any atom is 0.157 e. The fraction of sp³-hybridized carbons (Fsp3) is 0.615. The van der Waals surface area contributed by atoms with Crippen molar-refractivity contribution in [1.29, 1.82) is 0 Å². The normalized spacial score (nSPS) is 16.9. The molecular weight excluding hydrogens is 258 g/mol. The monoisotopic (exact) mass is 279 g/mol. The quantitative estimate of drug-likeness (QED) is 0.826. The van der Waals surface area contributed by atoms with Crippen molar-refractivity contribution >= 4 is 23.0 Å². The Bertz CT molecular complexity index is 440. The Morgan fingerprint density at radius 2 is 2.00 bits per heavy atom. The molecule has 1 aromatic heterocycles. The predicted octanol–water partition coefficient (Wildman–Crippen LogP) is 0.889. The third-order valence-electron chi connectivity index (χ3n) is 3.45. The van der Waals surface area contributed by atoms with Crippen LogP contribution in [0.3, 0.4) is 0 Å². The van der Waals surface area contributed by atoms with Crippen LogP contribution in [0.2, 0.25) is 0 Å². The van der Waals surface area contributed by atoms with Gasteiger partial charge in [-0.15, -0.1) is 0 Å². The van der Waals surface area contributed by atoms with E-state index in [1.165, 1.54) is 12.8 Å². The molecule has 0 radical (unpaired) electrons. The zero-order valence-electron chi connectivity index (χ0n) is 11.5. The molecule has 0 spiro atoms. The Morgan fingerprint density at radius 1 is 1.37 bits per heavy atom. The average Bonchev–Trinajstić information content (AvgIpc) is 2.39. The maximum absolute atomic E-state index is 5.71. The maximum atomic E-state index is 5.71. The Hall–Kier alpha value is -1.27. The molecule has 0 unspecified atom stereocenters. The Balaban J connectivity index is 2.04. The number of nitrogens with zero attached hydrogens (tertiary/aromatic N) is 4. The number of hydrogen-bond acceptors (Lipinski definition) is 5. The van der Waals surface area contributed by atoms with Crippen molar-refractivity contribution in [3.63, 3.8) is 0 Å². The van der Waals surface area contributed by atoms with Gasteiger partial charge in [-0.3, -0.25) is 0 Å². The molecule has 1 saturated heterocycles. The van der Waals surface area contributed by atoms with Crippen LogP contribution in [0.1, 0.15) is 18.5 Å². The Kier molecular flexibility index (Phi) is 4.66. The first-order valence-corrected chi connectivity index (χ1v) is 6.99. The molecule has 0 saturated carbocycles. The summed E-state index contributed by atoms with van der Waals surface area (Å²) in [6.07, 6.45) is 5.68. The third-order valence-corrected chi connectivity index (χ3v) is 3.64. The minimum absolute atomic E-state index is 0.318. The predicted molar refractivity (Wildman–Crippen MR) is 81.4 cm³/mol. The standard InChI is InChI=1S/C13H21N5S/c1-17(2)9-10-3-7-18(8-4-10)13-11(12(14)19)15-5-6-16-13/h5-6,10H,3-4,7-9H2,1-2H3,(H2,14,19). The number of thiocarbonyl (C=S) groups is 1. The van der Waals surface area contributed by atoms with Crippen molar-refractivity contribution in [2.75, 3.05) is 38.6 Å². The summed E-state index contributed by atoms with van der Waals surface area (Å²) in [6.45, 7) is 3.14. The Morgan fingerprint density at radius 3 is 2.58 bits per heavy atom. The van der Waals surface area contributed by atoms with E-state index in [4.69, 9.17) is 18.0 Å². The molecule has 1 fully saturated rings. The van der Waals surface area contributed by atoms with Crippen LogP contribution in [0, 0.1) is 5.92 Å². The summed E-state index contributed by atoms with van der Waals surface area (Å²) in [4.78, 5) is 13.5. The van der Waals surface area contributed by atoms with Crippen LogP contribution in [0.25, 0.3) is 0 Å². The fourth-order valence-electron chi connectivity index (χ4n) is 2.58. The molecule has 0 aliphatic carbocycles. The van der Waals surface area contributed by atoms with Gasteiger partial charge in [0.05, 0.1) is 0 Å². The molecule has 0 bridgehead atoms. The summed E-state index contributed by atoms with van der Waals surface area (Å²) in [5.41, 5.74) is 6.35. The van der Waals surface area contributed by atoms with Crippen LogP contribution in [0.15, 0.2) is 12.4 Å². The second-order valence-corrected chi connectivity index (χ2v) is 5.73. The van der Waals surface area contributed by atoms with Gasteiger partial charge in [0.2, 0.25) is 0 Å². The van der Waals surface area contributed by atoms with Gasteiger partial charge in [0, 0.05) is 32.0 Å². The van der Waals surface area contributed by atoms with E-state index in [0.717, 1.165) is 31.4 Å². The smallest absolute Gasteiger partial charge is 0.157 e. The zero-order chi connectivity index (χ0) is 13.8. The summed E-state index contributed by atoms with van der Waals surface area (Å²) >= 11 is 5.04. The Labute approximate surface area is 119 Å². The van der Waals surface area contributed by atoms with Crippen molar-refractivity contribution in [1.82, 2.24) is 14.9 Å². The highest BCUT2D eigenvalue weighted by Gasteiger charge is 2.23. The van der Waals surface area contributed by atoms with Crippen LogP contribution in [0.5, 0.6) is 0 Å². The summed E-state index contributed by atoms with van der Waals surface area (Å²) < 4.78 is 0. The number of aromatic nitrogens is 2. The molecule has 19 heavy (non-hydrogen) atoms. The van der Waals surface area contributed by atoms with Crippen LogP contribution in [0.4, 0.5) is 5.82 Å². The number of anilines is 1. The van der Waals surface area contributed by atoms with E-state index in [9.17, 15) is 0 Å². The van der Waals surface area contributed by atoms with Gasteiger partial charge in [0.1, 0.15) is 10.7 Å². The van der Waals surface area contributed by atoms with E-state index < -0.39 is 0 Å².